The van der Waals surface area contributed by atoms with Crippen LogP contribution in [0.2, 0.25) is 0 Å². The van der Waals surface area contributed by atoms with Gasteiger partial charge in [-0.1, -0.05) is 35.9 Å². The molecule has 0 amide bonds. The lowest BCUT2D eigenvalue weighted by atomic mass is 9.97. The minimum absolute atomic E-state index is 0. The van der Waals surface area contributed by atoms with Gasteiger partial charge in [0.05, 0.1) is 18.7 Å². The number of aromatic nitrogens is 1. The number of hydrogen-bond donors (Lipinski definition) is 0. The van der Waals surface area contributed by atoms with Gasteiger partial charge in [-0.25, -0.2) is 0 Å². The van der Waals surface area contributed by atoms with Crippen molar-refractivity contribution in [2.45, 2.75) is 12.8 Å². The van der Waals surface area contributed by atoms with Gasteiger partial charge < -0.3 is 4.74 Å². The molecule has 4 heteroatoms. The minimum atomic E-state index is 0. The third kappa shape index (κ3) is 3.89. The van der Waals surface area contributed by atoms with E-state index in [1.54, 1.807) is 13.3 Å². The molecule has 0 spiro atoms. The Labute approximate surface area is 153 Å². The topological polar surface area (TPSA) is 22.1 Å². The van der Waals surface area contributed by atoms with Crippen molar-refractivity contribution in [3.8, 4) is 28.0 Å². The smallest absolute Gasteiger partial charge is 0.126 e. The third-order valence-electron chi connectivity index (χ3n) is 3.82. The van der Waals surface area contributed by atoms with Crippen LogP contribution < -0.4 is 4.74 Å². The number of alkyl halides is 1. The summed E-state index contributed by atoms with van der Waals surface area (Å²) in [4.78, 5) is 4.26. The maximum atomic E-state index is 5.91. The summed E-state index contributed by atoms with van der Waals surface area (Å²) in [6.07, 6.45) is 1.78. The van der Waals surface area contributed by atoms with Crippen LogP contribution in [0.3, 0.4) is 0 Å². The first kappa shape index (κ1) is 18.3. The van der Waals surface area contributed by atoms with Crippen molar-refractivity contribution in [1.29, 1.82) is 0 Å². The molecular weight excluding hydrogens is 341 g/mol. The summed E-state index contributed by atoms with van der Waals surface area (Å²) in [5.41, 5.74) is 6.55. The standard InChI is InChI=1S/C20H18ClNO.ClH/c1-14-4-3-5-15(10-14)16-6-7-20(23-2)19(12-16)17-8-9-22-18(11-17)13-21;/h3-12H,13H2,1-2H3;1H. The Hall–Kier alpha value is -2.03. The van der Waals surface area contributed by atoms with Gasteiger partial charge >= 0.3 is 0 Å². The van der Waals surface area contributed by atoms with Crippen LogP contribution in [0.15, 0.2) is 60.8 Å². The van der Waals surface area contributed by atoms with Crippen molar-refractivity contribution >= 4 is 24.0 Å². The van der Waals surface area contributed by atoms with E-state index in [-0.39, 0.29) is 12.4 Å². The van der Waals surface area contributed by atoms with E-state index in [4.69, 9.17) is 16.3 Å². The second kappa shape index (κ2) is 8.18. The zero-order valence-electron chi connectivity index (χ0n) is 13.6. The molecule has 0 unspecified atom stereocenters. The van der Waals surface area contributed by atoms with Crippen molar-refractivity contribution in [1.82, 2.24) is 4.98 Å². The Morgan fingerprint density at radius 2 is 1.75 bits per heavy atom. The molecule has 3 rings (SSSR count). The monoisotopic (exact) mass is 359 g/mol. The molecule has 1 heterocycles. The van der Waals surface area contributed by atoms with Crippen molar-refractivity contribution in [2.24, 2.45) is 0 Å². The summed E-state index contributed by atoms with van der Waals surface area (Å²) in [5.74, 6) is 1.24. The van der Waals surface area contributed by atoms with Crippen molar-refractivity contribution in [2.75, 3.05) is 7.11 Å². The van der Waals surface area contributed by atoms with Crippen molar-refractivity contribution < 1.29 is 4.74 Å². The molecule has 0 atom stereocenters. The molecule has 3 aromatic rings. The molecule has 2 nitrogen and oxygen atoms in total. The van der Waals surface area contributed by atoms with Gasteiger partial charge in [0.25, 0.3) is 0 Å². The molecule has 0 saturated heterocycles. The lowest BCUT2D eigenvalue weighted by Gasteiger charge is -2.12. The molecule has 2 aromatic carbocycles. The van der Waals surface area contributed by atoms with E-state index in [9.17, 15) is 0 Å². The summed E-state index contributed by atoms with van der Waals surface area (Å²) >= 11 is 5.91. The Balaban J connectivity index is 0.00000208. The molecule has 0 fully saturated rings. The van der Waals surface area contributed by atoms with Crippen LogP contribution in [0.1, 0.15) is 11.3 Å². The second-order valence-corrected chi connectivity index (χ2v) is 5.72. The van der Waals surface area contributed by atoms with E-state index < -0.39 is 0 Å². The molecule has 0 saturated carbocycles. The number of pyridine rings is 1. The summed E-state index contributed by atoms with van der Waals surface area (Å²) in [6, 6.07) is 18.7. The summed E-state index contributed by atoms with van der Waals surface area (Å²) in [6.45, 7) is 2.10. The Morgan fingerprint density at radius 3 is 2.46 bits per heavy atom. The second-order valence-electron chi connectivity index (χ2n) is 5.45. The number of hydrogen-bond acceptors (Lipinski definition) is 2. The van der Waals surface area contributed by atoms with Crippen LogP contribution >= 0.6 is 24.0 Å². The van der Waals surface area contributed by atoms with E-state index >= 15 is 0 Å². The quantitative estimate of drug-likeness (QED) is 0.541. The van der Waals surface area contributed by atoms with Crippen LogP contribution in [0.4, 0.5) is 0 Å². The maximum absolute atomic E-state index is 5.91. The molecule has 1 aromatic heterocycles. The Morgan fingerprint density at radius 1 is 0.958 bits per heavy atom. The molecule has 0 bridgehead atoms. The summed E-state index contributed by atoms with van der Waals surface area (Å²) in [5, 5.41) is 0. The van der Waals surface area contributed by atoms with Crippen LogP contribution in [-0.4, -0.2) is 12.1 Å². The van der Waals surface area contributed by atoms with E-state index in [1.165, 1.54) is 11.1 Å². The number of aryl methyl sites for hydroxylation is 1. The van der Waals surface area contributed by atoms with E-state index in [2.05, 4.69) is 48.3 Å². The van der Waals surface area contributed by atoms with Gasteiger partial charge in [0.15, 0.2) is 0 Å². The third-order valence-corrected chi connectivity index (χ3v) is 4.09. The highest BCUT2D eigenvalue weighted by atomic mass is 35.5. The van der Waals surface area contributed by atoms with Gasteiger partial charge in [-0.15, -0.1) is 24.0 Å². The largest absolute Gasteiger partial charge is 0.496 e. The minimum Gasteiger partial charge on any atom is -0.496 e. The fourth-order valence-corrected chi connectivity index (χ4v) is 2.80. The highest BCUT2D eigenvalue weighted by molar-refractivity contribution is 6.16. The van der Waals surface area contributed by atoms with Crippen LogP contribution in [0, 0.1) is 6.92 Å². The summed E-state index contributed by atoms with van der Waals surface area (Å²) < 4.78 is 5.53. The molecule has 24 heavy (non-hydrogen) atoms. The Bertz CT molecular complexity index is 833. The van der Waals surface area contributed by atoms with Gasteiger partial charge in [-0.2, -0.15) is 0 Å². The first-order chi connectivity index (χ1) is 11.2. The predicted molar refractivity (Wildman–Crippen MR) is 103 cm³/mol. The van der Waals surface area contributed by atoms with Crippen LogP contribution in [0.5, 0.6) is 5.75 Å². The van der Waals surface area contributed by atoms with Gasteiger partial charge in [-0.05, 0) is 47.9 Å². The van der Waals surface area contributed by atoms with Gasteiger partial charge in [-0.3, -0.25) is 4.98 Å². The number of benzene rings is 2. The molecule has 0 aliphatic carbocycles. The number of ether oxygens (including phenoxy) is 1. The first-order valence-electron chi connectivity index (χ1n) is 7.47. The summed E-state index contributed by atoms with van der Waals surface area (Å²) in [7, 11) is 1.69. The lowest BCUT2D eigenvalue weighted by Crippen LogP contribution is -1.91. The van der Waals surface area contributed by atoms with Crippen LogP contribution in [-0.2, 0) is 5.88 Å². The fourth-order valence-electron chi connectivity index (χ4n) is 2.66. The molecular formula is C20H19Cl2NO. The highest BCUT2D eigenvalue weighted by Crippen LogP contribution is 2.34. The predicted octanol–water partition coefficient (Wildman–Crippen LogP) is 5.89. The van der Waals surface area contributed by atoms with Crippen molar-refractivity contribution in [3.63, 3.8) is 0 Å². The lowest BCUT2D eigenvalue weighted by molar-refractivity contribution is 0.416. The van der Waals surface area contributed by atoms with Gasteiger partial charge in [0.1, 0.15) is 5.75 Å². The van der Waals surface area contributed by atoms with E-state index in [0.29, 0.717) is 5.88 Å². The molecule has 0 aliphatic rings. The number of methoxy groups -OCH3 is 1. The van der Waals surface area contributed by atoms with Gasteiger partial charge in [0, 0.05) is 11.8 Å². The van der Waals surface area contributed by atoms with E-state index in [1.807, 2.05) is 18.2 Å². The zero-order valence-corrected chi connectivity index (χ0v) is 15.2. The fraction of sp³-hybridized carbons (Fsp3) is 0.150. The zero-order chi connectivity index (χ0) is 16.2. The van der Waals surface area contributed by atoms with Gasteiger partial charge in [0.2, 0.25) is 0 Å². The molecule has 0 N–H and O–H groups in total. The average molecular weight is 360 g/mol. The number of rotatable bonds is 4. The Kier molecular flexibility index (Phi) is 6.24. The number of halogens is 2. The SMILES string of the molecule is COc1ccc(-c2cccc(C)c2)cc1-c1ccnc(CCl)c1.Cl. The maximum Gasteiger partial charge on any atom is 0.126 e. The number of nitrogens with zero attached hydrogens (tertiary/aromatic N) is 1. The van der Waals surface area contributed by atoms with E-state index in [0.717, 1.165) is 28.1 Å². The van der Waals surface area contributed by atoms with Crippen LogP contribution in [0.25, 0.3) is 22.3 Å². The molecule has 0 radical (unpaired) electrons. The molecule has 124 valence electrons. The first-order valence-corrected chi connectivity index (χ1v) is 8.01. The van der Waals surface area contributed by atoms with Crippen molar-refractivity contribution in [3.05, 3.63) is 72.1 Å². The highest BCUT2D eigenvalue weighted by Gasteiger charge is 2.09. The normalized spacial score (nSPS) is 10.1. The average Bonchev–Trinajstić information content (AvgIpc) is 2.61. The molecule has 0 aliphatic heterocycles.